The molecule has 0 bridgehead atoms. The molecule has 0 radical (unpaired) electrons. The Balaban J connectivity index is 2.05. The average molecular weight is 323 g/mol. The van der Waals surface area contributed by atoms with Crippen molar-refractivity contribution in [3.05, 3.63) is 38.8 Å². The summed E-state index contributed by atoms with van der Waals surface area (Å²) in [4.78, 5) is 35.9. The van der Waals surface area contributed by atoms with Crippen molar-refractivity contribution in [3.8, 4) is 0 Å². The first-order valence-corrected chi connectivity index (χ1v) is 7.52. The number of carbonyl (C=O) groups excluding carboxylic acids is 1. The number of nitro groups is 1. The minimum atomic E-state index is -0.672. The van der Waals surface area contributed by atoms with Crippen molar-refractivity contribution in [1.82, 2.24) is 9.47 Å². The van der Waals surface area contributed by atoms with Crippen LogP contribution in [-0.2, 0) is 4.74 Å². The maximum atomic E-state index is 12.1. The number of rotatable bonds is 2. The molecule has 8 nitrogen and oxygen atoms in total. The van der Waals surface area contributed by atoms with Gasteiger partial charge in [-0.15, -0.1) is 0 Å². The Labute approximate surface area is 133 Å². The summed E-state index contributed by atoms with van der Waals surface area (Å²) in [5.74, 6) is 0. The fourth-order valence-electron chi connectivity index (χ4n) is 2.58. The van der Waals surface area contributed by atoms with Crippen LogP contribution in [0.15, 0.2) is 23.1 Å². The highest BCUT2D eigenvalue weighted by Crippen LogP contribution is 2.23. The van der Waals surface area contributed by atoms with Crippen LogP contribution in [0.5, 0.6) is 0 Å². The van der Waals surface area contributed by atoms with Crippen molar-refractivity contribution in [3.63, 3.8) is 0 Å². The summed E-state index contributed by atoms with van der Waals surface area (Å²) < 4.78 is 6.72. The molecule has 0 atom stereocenters. The van der Waals surface area contributed by atoms with Gasteiger partial charge in [0.1, 0.15) is 5.60 Å². The van der Waals surface area contributed by atoms with Gasteiger partial charge in [-0.3, -0.25) is 14.9 Å². The van der Waals surface area contributed by atoms with Gasteiger partial charge in [-0.2, -0.15) is 0 Å². The summed E-state index contributed by atoms with van der Waals surface area (Å²) in [6, 6.07) is 2.55. The Hall–Kier alpha value is -2.38. The summed E-state index contributed by atoms with van der Waals surface area (Å²) in [7, 11) is 0. The fraction of sp³-hybridized carbons (Fsp3) is 0.600. The van der Waals surface area contributed by atoms with Gasteiger partial charge in [-0.05, 0) is 39.7 Å². The van der Waals surface area contributed by atoms with Crippen molar-refractivity contribution in [2.45, 2.75) is 45.3 Å². The summed E-state index contributed by atoms with van der Waals surface area (Å²) in [6.45, 7) is 6.32. The first-order chi connectivity index (χ1) is 10.7. The molecule has 1 aliphatic heterocycles. The van der Waals surface area contributed by atoms with Crippen LogP contribution in [0.4, 0.5) is 10.5 Å². The van der Waals surface area contributed by atoms with Crippen LogP contribution >= 0.6 is 0 Å². The third kappa shape index (κ3) is 4.08. The second-order valence-corrected chi connectivity index (χ2v) is 6.56. The zero-order chi connectivity index (χ0) is 17.2. The van der Waals surface area contributed by atoms with Gasteiger partial charge in [0.25, 0.3) is 0 Å². The van der Waals surface area contributed by atoms with Gasteiger partial charge in [-0.25, -0.2) is 4.79 Å². The standard InChI is InChI=1S/C15H21N3O5/c1-15(2,3)23-14(20)16-9-6-11(7-10-16)17-8-4-5-12(13(17)19)18(21)22/h4-5,8,11H,6-7,9-10H2,1-3H3. The van der Waals surface area contributed by atoms with Crippen LogP contribution in [0.1, 0.15) is 39.7 Å². The Morgan fingerprint density at radius 1 is 1.35 bits per heavy atom. The molecule has 0 aromatic carbocycles. The zero-order valence-corrected chi connectivity index (χ0v) is 13.5. The average Bonchev–Trinajstić information content (AvgIpc) is 2.45. The van der Waals surface area contributed by atoms with E-state index < -0.39 is 21.8 Å². The van der Waals surface area contributed by atoms with Gasteiger partial charge in [0.15, 0.2) is 0 Å². The monoisotopic (exact) mass is 323 g/mol. The predicted molar refractivity (Wildman–Crippen MR) is 83.4 cm³/mol. The summed E-state index contributed by atoms with van der Waals surface area (Å²) in [5.41, 5.74) is -1.58. The lowest BCUT2D eigenvalue weighted by molar-refractivity contribution is -0.386. The molecule has 1 amide bonds. The van der Waals surface area contributed by atoms with E-state index in [2.05, 4.69) is 0 Å². The van der Waals surface area contributed by atoms with Gasteiger partial charge in [0, 0.05) is 31.4 Å². The molecule has 126 valence electrons. The number of nitrogens with zero attached hydrogens (tertiary/aromatic N) is 3. The van der Waals surface area contributed by atoms with E-state index in [1.54, 1.807) is 31.9 Å². The Morgan fingerprint density at radius 2 is 1.96 bits per heavy atom. The summed E-state index contributed by atoms with van der Waals surface area (Å²) in [5, 5.41) is 10.9. The normalized spacial score (nSPS) is 16.2. The lowest BCUT2D eigenvalue weighted by Crippen LogP contribution is -2.43. The number of pyridine rings is 1. The van der Waals surface area contributed by atoms with Crippen molar-refractivity contribution in [2.24, 2.45) is 0 Å². The number of aromatic nitrogens is 1. The van der Waals surface area contributed by atoms with Crippen LogP contribution in [0.2, 0.25) is 0 Å². The second kappa shape index (κ2) is 6.39. The molecule has 2 heterocycles. The number of carbonyl (C=O) groups is 1. The molecule has 1 saturated heterocycles. The minimum Gasteiger partial charge on any atom is -0.444 e. The summed E-state index contributed by atoms with van der Waals surface area (Å²) >= 11 is 0. The molecular weight excluding hydrogens is 302 g/mol. The maximum absolute atomic E-state index is 12.1. The van der Waals surface area contributed by atoms with E-state index in [4.69, 9.17) is 4.74 Å². The SMILES string of the molecule is CC(C)(C)OC(=O)N1CCC(n2cccc([N+](=O)[O-])c2=O)CC1. The predicted octanol–water partition coefficient (Wildman–Crippen LogP) is 2.33. The van der Waals surface area contributed by atoms with E-state index in [1.807, 2.05) is 0 Å². The van der Waals surface area contributed by atoms with Crippen LogP contribution in [0.3, 0.4) is 0 Å². The van der Waals surface area contributed by atoms with E-state index in [-0.39, 0.29) is 12.1 Å². The van der Waals surface area contributed by atoms with Crippen LogP contribution in [0.25, 0.3) is 0 Å². The molecule has 1 aromatic rings. The second-order valence-electron chi connectivity index (χ2n) is 6.56. The number of hydrogen-bond donors (Lipinski definition) is 0. The first-order valence-electron chi connectivity index (χ1n) is 7.52. The minimum absolute atomic E-state index is 0.152. The molecule has 0 spiro atoms. The van der Waals surface area contributed by atoms with Crippen molar-refractivity contribution >= 4 is 11.8 Å². The van der Waals surface area contributed by atoms with Gasteiger partial charge < -0.3 is 14.2 Å². The largest absolute Gasteiger partial charge is 0.444 e. The first kappa shape index (κ1) is 17.0. The topological polar surface area (TPSA) is 94.7 Å². The lowest BCUT2D eigenvalue weighted by atomic mass is 10.0. The molecule has 0 unspecified atom stereocenters. The Kier molecular flexibility index (Phi) is 4.72. The molecule has 0 aliphatic carbocycles. The molecule has 0 N–H and O–H groups in total. The van der Waals surface area contributed by atoms with Gasteiger partial charge in [-0.1, -0.05) is 0 Å². The summed E-state index contributed by atoms with van der Waals surface area (Å²) in [6.07, 6.45) is 2.30. The molecule has 1 aliphatic rings. The van der Waals surface area contributed by atoms with E-state index >= 15 is 0 Å². The van der Waals surface area contributed by atoms with Crippen molar-refractivity contribution in [2.75, 3.05) is 13.1 Å². The number of hydrogen-bond acceptors (Lipinski definition) is 5. The third-order valence-corrected chi connectivity index (χ3v) is 3.66. The van der Waals surface area contributed by atoms with Crippen molar-refractivity contribution < 1.29 is 14.5 Å². The van der Waals surface area contributed by atoms with Crippen LogP contribution < -0.4 is 5.56 Å². The molecule has 23 heavy (non-hydrogen) atoms. The maximum Gasteiger partial charge on any atom is 0.410 e. The quantitative estimate of drug-likeness (QED) is 0.615. The van der Waals surface area contributed by atoms with Gasteiger partial charge in [0.2, 0.25) is 0 Å². The van der Waals surface area contributed by atoms with Crippen LogP contribution in [0, 0.1) is 10.1 Å². The van der Waals surface area contributed by atoms with Crippen molar-refractivity contribution in [1.29, 1.82) is 0 Å². The van der Waals surface area contributed by atoms with Crippen LogP contribution in [-0.4, -0.2) is 39.2 Å². The molecule has 8 heteroatoms. The van der Waals surface area contributed by atoms with Gasteiger partial charge in [0.05, 0.1) is 4.92 Å². The van der Waals surface area contributed by atoms with E-state index in [0.29, 0.717) is 25.9 Å². The van der Waals surface area contributed by atoms with Gasteiger partial charge >= 0.3 is 17.3 Å². The lowest BCUT2D eigenvalue weighted by Gasteiger charge is -2.34. The molecule has 1 aromatic heterocycles. The molecule has 1 fully saturated rings. The third-order valence-electron chi connectivity index (χ3n) is 3.66. The molecule has 0 saturated carbocycles. The molecule has 2 rings (SSSR count). The number of ether oxygens (including phenoxy) is 1. The van der Waals surface area contributed by atoms with E-state index in [9.17, 15) is 19.7 Å². The molecular formula is C15H21N3O5. The highest BCUT2D eigenvalue weighted by molar-refractivity contribution is 5.68. The van der Waals surface area contributed by atoms with E-state index in [0.717, 1.165) is 0 Å². The Morgan fingerprint density at radius 3 is 2.48 bits per heavy atom. The smallest absolute Gasteiger partial charge is 0.410 e. The fourth-order valence-corrected chi connectivity index (χ4v) is 2.58. The Bertz CT molecular complexity index is 654. The zero-order valence-electron chi connectivity index (χ0n) is 13.5. The number of piperidine rings is 1. The highest BCUT2D eigenvalue weighted by Gasteiger charge is 2.28. The number of amides is 1. The highest BCUT2D eigenvalue weighted by atomic mass is 16.6. The van der Waals surface area contributed by atoms with E-state index in [1.165, 1.54) is 16.7 Å². The number of likely N-dealkylation sites (tertiary alicyclic amines) is 1.